The summed E-state index contributed by atoms with van der Waals surface area (Å²) >= 11 is 0. The van der Waals surface area contributed by atoms with Crippen LogP contribution in [0.3, 0.4) is 0 Å². The maximum Gasteiger partial charge on any atom is 0.274 e. The number of aliphatic hydroxyl groups is 1. The minimum atomic E-state index is -0.818. The Labute approximate surface area is 206 Å². The maximum atomic E-state index is 15.7. The summed E-state index contributed by atoms with van der Waals surface area (Å²) in [5.41, 5.74) is 8.79. The first-order valence-electron chi connectivity index (χ1n) is 12.1. The Balaban J connectivity index is 1.56. The summed E-state index contributed by atoms with van der Waals surface area (Å²) in [4.78, 5) is 21.5. The number of hydrogen-bond acceptors (Lipinski definition) is 6. The van der Waals surface area contributed by atoms with Crippen LogP contribution >= 0.6 is 0 Å². The van der Waals surface area contributed by atoms with E-state index in [0.717, 1.165) is 17.2 Å². The van der Waals surface area contributed by atoms with Gasteiger partial charge < -0.3 is 20.9 Å². The molecule has 2 aromatic heterocycles. The molecule has 1 aromatic carbocycles. The van der Waals surface area contributed by atoms with Crippen molar-refractivity contribution >= 4 is 11.6 Å². The van der Waals surface area contributed by atoms with E-state index in [9.17, 15) is 9.90 Å². The normalized spacial score (nSPS) is 25.8. The van der Waals surface area contributed by atoms with Crippen LogP contribution in [0.25, 0.3) is 11.3 Å². The van der Waals surface area contributed by atoms with Gasteiger partial charge in [0.05, 0.1) is 31.2 Å². The van der Waals surface area contributed by atoms with Gasteiger partial charge in [0.1, 0.15) is 23.0 Å². The van der Waals surface area contributed by atoms with Crippen LogP contribution in [0, 0.1) is 17.6 Å². The lowest BCUT2D eigenvalue weighted by atomic mass is 9.71. The van der Waals surface area contributed by atoms with Gasteiger partial charge in [-0.3, -0.25) is 9.78 Å². The summed E-state index contributed by atoms with van der Waals surface area (Å²) in [6.07, 6.45) is 3.76. The fourth-order valence-corrected chi connectivity index (χ4v) is 5.73. The predicted molar refractivity (Wildman–Crippen MR) is 128 cm³/mol. The molecular formula is C27H26F2N4O3. The zero-order valence-corrected chi connectivity index (χ0v) is 19.5. The van der Waals surface area contributed by atoms with Gasteiger partial charge in [-0.1, -0.05) is 6.07 Å². The molecule has 1 saturated carbocycles. The van der Waals surface area contributed by atoms with Crippen molar-refractivity contribution in [2.75, 3.05) is 18.5 Å². The number of carbonyl (C=O) groups is 1. The number of halogens is 2. The molecule has 3 aliphatic rings. The van der Waals surface area contributed by atoms with Crippen LogP contribution in [0.1, 0.15) is 51.9 Å². The van der Waals surface area contributed by atoms with Gasteiger partial charge in [-0.15, -0.1) is 0 Å². The van der Waals surface area contributed by atoms with Crippen molar-refractivity contribution in [3.8, 4) is 11.3 Å². The Hall–Kier alpha value is -3.27. The summed E-state index contributed by atoms with van der Waals surface area (Å²) in [7, 11) is 0. The molecule has 9 heteroatoms. The topological polar surface area (TPSA) is 110 Å². The number of aliphatic hydroxyl groups excluding tert-OH is 1. The monoisotopic (exact) mass is 492 g/mol. The number of pyridine rings is 2. The molecule has 6 rings (SSSR count). The minimum absolute atomic E-state index is 0.00691. The Morgan fingerprint density at radius 3 is 2.69 bits per heavy atom. The van der Waals surface area contributed by atoms with Crippen LogP contribution in [0.4, 0.5) is 14.5 Å². The van der Waals surface area contributed by atoms with Crippen LogP contribution < -0.4 is 11.1 Å². The molecule has 186 valence electrons. The van der Waals surface area contributed by atoms with Crippen LogP contribution in [0.5, 0.6) is 0 Å². The molecule has 7 nitrogen and oxygen atoms in total. The zero-order valence-electron chi connectivity index (χ0n) is 19.5. The molecule has 2 fully saturated rings. The Kier molecular flexibility index (Phi) is 5.78. The highest BCUT2D eigenvalue weighted by molar-refractivity contribution is 6.03. The van der Waals surface area contributed by atoms with Crippen molar-refractivity contribution in [2.24, 2.45) is 11.7 Å². The van der Waals surface area contributed by atoms with Crippen molar-refractivity contribution in [1.82, 2.24) is 9.97 Å². The lowest BCUT2D eigenvalue weighted by molar-refractivity contribution is 0.00824. The number of benzene rings is 1. The number of nitrogens with one attached hydrogen (secondary N) is 1. The number of nitrogens with zero attached hydrogens (tertiary/aromatic N) is 2. The molecule has 1 saturated heterocycles. The third-order valence-corrected chi connectivity index (χ3v) is 7.71. The van der Waals surface area contributed by atoms with Crippen molar-refractivity contribution in [2.45, 2.75) is 43.2 Å². The third kappa shape index (κ3) is 3.97. The van der Waals surface area contributed by atoms with Gasteiger partial charge >= 0.3 is 0 Å². The van der Waals surface area contributed by atoms with Crippen LogP contribution in [-0.2, 0) is 11.2 Å². The van der Waals surface area contributed by atoms with Crippen molar-refractivity contribution in [3.05, 3.63) is 76.7 Å². The molecule has 3 aromatic rings. The number of nitrogens with two attached hydrogens (primary N) is 1. The lowest BCUT2D eigenvalue weighted by Crippen LogP contribution is -2.46. The molecule has 4 N–H and O–H groups in total. The molecule has 0 radical (unpaired) electrons. The second-order valence-corrected chi connectivity index (χ2v) is 10.0. The van der Waals surface area contributed by atoms with E-state index in [-0.39, 0.29) is 41.1 Å². The average molecular weight is 493 g/mol. The van der Waals surface area contributed by atoms with Crippen LogP contribution in [-0.4, -0.2) is 46.3 Å². The van der Waals surface area contributed by atoms with Gasteiger partial charge in [0.2, 0.25) is 0 Å². The van der Waals surface area contributed by atoms with Gasteiger partial charge in [0, 0.05) is 23.7 Å². The SMILES string of the molecule is N[C@@H]1C[C@H]2C[C@H](Cc3cc(C4COC4)cc(F)c3-c3nc(ccc3F)C(=O)Nc3cnccc32)[C@H]1O. The third-order valence-electron chi connectivity index (χ3n) is 7.71. The fraction of sp³-hybridized carbons (Fsp3) is 0.370. The average Bonchev–Trinajstić information content (AvgIpc) is 2.82. The van der Waals surface area contributed by atoms with Gasteiger partial charge in [0.25, 0.3) is 5.91 Å². The highest BCUT2D eigenvalue weighted by atomic mass is 19.1. The molecule has 0 unspecified atom stereocenters. The zero-order chi connectivity index (χ0) is 25.0. The number of amides is 1. The van der Waals surface area contributed by atoms with Crippen molar-refractivity contribution < 1.29 is 23.4 Å². The number of ether oxygens (including phenoxy) is 1. The van der Waals surface area contributed by atoms with Gasteiger partial charge in [-0.05, 0) is 72.1 Å². The first-order chi connectivity index (χ1) is 17.4. The van der Waals surface area contributed by atoms with E-state index in [0.29, 0.717) is 37.3 Å². The van der Waals surface area contributed by atoms with E-state index in [1.165, 1.54) is 12.1 Å². The summed E-state index contributed by atoms with van der Waals surface area (Å²) in [6, 6.07) is 6.99. The minimum Gasteiger partial charge on any atom is -0.391 e. The molecule has 1 aliphatic carbocycles. The fourth-order valence-electron chi connectivity index (χ4n) is 5.73. The summed E-state index contributed by atoms with van der Waals surface area (Å²) in [5.74, 6) is -2.22. The van der Waals surface area contributed by atoms with Crippen molar-refractivity contribution in [1.29, 1.82) is 0 Å². The number of rotatable bonds is 1. The number of hydrogen-bond donors (Lipinski definition) is 3. The standard InChI is InChI=1S/C27H26F2N4O3/c28-19-1-2-22-27(35)33-23-10-31-4-3-18(23)14-6-16(26(34)21(30)9-14)7-15-5-13(17-11-36-12-17)8-20(29)24(15)25(19)32-22/h1-5,8,10,14,16-17,21,26,34H,6-7,9,11-12,30H2,(H,33,35)/t14-,16-,21-,26-/m1/s1. The van der Waals surface area contributed by atoms with E-state index >= 15 is 8.78 Å². The summed E-state index contributed by atoms with van der Waals surface area (Å²) < 4.78 is 36.1. The van der Waals surface area contributed by atoms with Crippen LogP contribution in [0.2, 0.25) is 0 Å². The molecule has 1 amide bonds. The first-order valence-corrected chi connectivity index (χ1v) is 12.1. The maximum absolute atomic E-state index is 15.7. The second kappa shape index (κ2) is 8.99. The number of aromatic nitrogens is 2. The Morgan fingerprint density at radius 2 is 1.92 bits per heavy atom. The van der Waals surface area contributed by atoms with Gasteiger partial charge in [-0.25, -0.2) is 13.8 Å². The van der Waals surface area contributed by atoms with Crippen LogP contribution in [0.15, 0.2) is 42.7 Å². The Bertz CT molecular complexity index is 1350. The molecule has 0 spiro atoms. The molecule has 4 heterocycles. The molecular weight excluding hydrogens is 466 g/mol. The summed E-state index contributed by atoms with van der Waals surface area (Å²) in [5, 5.41) is 13.9. The van der Waals surface area contributed by atoms with E-state index in [1.54, 1.807) is 12.4 Å². The lowest BCUT2D eigenvalue weighted by Gasteiger charge is -2.39. The molecule has 4 atom stereocenters. The quantitative estimate of drug-likeness (QED) is 0.480. The predicted octanol–water partition coefficient (Wildman–Crippen LogP) is 3.53. The van der Waals surface area contributed by atoms with Gasteiger partial charge in [0.15, 0.2) is 0 Å². The highest BCUT2D eigenvalue weighted by Crippen LogP contribution is 2.42. The molecule has 36 heavy (non-hydrogen) atoms. The van der Waals surface area contributed by atoms with E-state index in [2.05, 4.69) is 15.3 Å². The number of carbonyl (C=O) groups excluding carboxylic acids is 1. The highest BCUT2D eigenvalue weighted by Gasteiger charge is 2.38. The van der Waals surface area contributed by atoms with E-state index < -0.39 is 29.7 Å². The second-order valence-electron chi connectivity index (χ2n) is 10.0. The smallest absolute Gasteiger partial charge is 0.274 e. The van der Waals surface area contributed by atoms with E-state index in [1.807, 2.05) is 12.1 Å². The molecule has 4 bridgehead atoms. The first kappa shape index (κ1) is 23.1. The summed E-state index contributed by atoms with van der Waals surface area (Å²) in [6.45, 7) is 0.981. The van der Waals surface area contributed by atoms with Gasteiger partial charge in [-0.2, -0.15) is 0 Å². The van der Waals surface area contributed by atoms with Crippen molar-refractivity contribution in [3.63, 3.8) is 0 Å². The largest absolute Gasteiger partial charge is 0.391 e. The number of fused-ring (bicyclic) bond motifs is 8. The van der Waals surface area contributed by atoms with E-state index in [4.69, 9.17) is 10.5 Å². The Morgan fingerprint density at radius 1 is 1.08 bits per heavy atom. The molecule has 2 aliphatic heterocycles. The number of anilines is 1.